The molecular formula is C18H25N5O2S. The second-order valence-corrected chi connectivity index (χ2v) is 7.70. The number of methoxy groups -OCH3 is 1. The third kappa shape index (κ3) is 4.56. The van der Waals surface area contributed by atoms with E-state index >= 15 is 0 Å². The van der Waals surface area contributed by atoms with E-state index < -0.39 is 0 Å². The van der Waals surface area contributed by atoms with E-state index in [1.54, 1.807) is 18.4 Å². The highest BCUT2D eigenvalue weighted by Gasteiger charge is 2.29. The lowest BCUT2D eigenvalue weighted by atomic mass is 9.98. The van der Waals surface area contributed by atoms with Crippen molar-refractivity contribution < 1.29 is 9.53 Å². The Bertz CT molecular complexity index is 764. The number of hydrogen-bond acceptors (Lipinski definition) is 7. The van der Waals surface area contributed by atoms with Crippen molar-refractivity contribution in [1.82, 2.24) is 19.9 Å². The molecule has 1 aliphatic rings. The fourth-order valence-electron chi connectivity index (χ4n) is 3.22. The van der Waals surface area contributed by atoms with Crippen LogP contribution >= 0.6 is 11.3 Å². The molecule has 0 aliphatic carbocycles. The smallest absolute Gasteiger partial charge is 0.225 e. The summed E-state index contributed by atoms with van der Waals surface area (Å²) in [6.45, 7) is 5.11. The van der Waals surface area contributed by atoms with Crippen LogP contribution in [0.3, 0.4) is 0 Å². The Morgan fingerprint density at radius 3 is 2.96 bits per heavy atom. The van der Waals surface area contributed by atoms with Crippen LogP contribution in [0.4, 0.5) is 10.9 Å². The van der Waals surface area contributed by atoms with Gasteiger partial charge in [0, 0.05) is 30.8 Å². The fraction of sp³-hybridized carbons (Fsp3) is 0.556. The van der Waals surface area contributed by atoms with Crippen molar-refractivity contribution in [2.24, 2.45) is 0 Å². The van der Waals surface area contributed by atoms with E-state index in [0.717, 1.165) is 47.3 Å². The molecule has 7 nitrogen and oxygen atoms in total. The number of aryl methyl sites for hydroxylation is 2. The summed E-state index contributed by atoms with van der Waals surface area (Å²) in [5.41, 5.74) is 0.888. The molecule has 0 unspecified atom stereocenters. The van der Waals surface area contributed by atoms with Gasteiger partial charge < -0.3 is 15.0 Å². The van der Waals surface area contributed by atoms with Crippen molar-refractivity contribution in [3.8, 4) is 0 Å². The molecule has 1 saturated heterocycles. The summed E-state index contributed by atoms with van der Waals surface area (Å²) in [5, 5.41) is 4.06. The van der Waals surface area contributed by atoms with Crippen molar-refractivity contribution in [2.75, 3.05) is 25.6 Å². The molecule has 2 aromatic rings. The topological polar surface area (TPSA) is 80.2 Å². The molecule has 1 amide bonds. The molecule has 3 heterocycles. The molecule has 2 aromatic heterocycles. The first-order chi connectivity index (χ1) is 12.6. The number of nitrogens with zero attached hydrogens (tertiary/aromatic N) is 4. The Kier molecular flexibility index (Phi) is 6.16. The Balaban J connectivity index is 1.82. The number of rotatable bonds is 6. The summed E-state index contributed by atoms with van der Waals surface area (Å²) >= 11 is 1.58. The SMILES string of the molecule is COCCC(=O)N1CCCC[C@H]1c1cc(Nc2ncc(C)s2)nc(C)n1. The van der Waals surface area contributed by atoms with Crippen molar-refractivity contribution >= 4 is 28.2 Å². The van der Waals surface area contributed by atoms with Crippen molar-refractivity contribution in [1.29, 1.82) is 0 Å². The van der Waals surface area contributed by atoms with Gasteiger partial charge in [0.2, 0.25) is 5.91 Å². The van der Waals surface area contributed by atoms with Crippen molar-refractivity contribution in [3.63, 3.8) is 0 Å². The highest BCUT2D eigenvalue weighted by Crippen LogP contribution is 2.32. The molecule has 26 heavy (non-hydrogen) atoms. The van der Waals surface area contributed by atoms with Crippen LogP contribution in [0.1, 0.15) is 48.1 Å². The summed E-state index contributed by atoms with van der Waals surface area (Å²) in [4.78, 5) is 29.1. The van der Waals surface area contributed by atoms with Gasteiger partial charge in [0.1, 0.15) is 11.6 Å². The first kappa shape index (κ1) is 18.7. The zero-order chi connectivity index (χ0) is 18.5. The normalized spacial score (nSPS) is 17.3. The maximum Gasteiger partial charge on any atom is 0.225 e. The highest BCUT2D eigenvalue weighted by molar-refractivity contribution is 7.15. The zero-order valence-electron chi connectivity index (χ0n) is 15.5. The summed E-state index contributed by atoms with van der Waals surface area (Å²) in [5.74, 6) is 1.53. The number of aromatic nitrogens is 3. The molecule has 1 atom stereocenters. The number of piperidine rings is 1. The second kappa shape index (κ2) is 8.55. The molecule has 1 fully saturated rings. The van der Waals surface area contributed by atoms with Crippen LogP contribution < -0.4 is 5.32 Å². The van der Waals surface area contributed by atoms with Gasteiger partial charge in [-0.2, -0.15) is 0 Å². The summed E-state index contributed by atoms with van der Waals surface area (Å²) in [6, 6.07) is 1.93. The van der Waals surface area contributed by atoms with Crippen LogP contribution in [0.15, 0.2) is 12.3 Å². The van der Waals surface area contributed by atoms with Gasteiger partial charge in [0.05, 0.1) is 24.8 Å². The Hall–Kier alpha value is -2.06. The van der Waals surface area contributed by atoms with Gasteiger partial charge in [-0.25, -0.2) is 15.0 Å². The molecular weight excluding hydrogens is 350 g/mol. The van der Waals surface area contributed by atoms with Gasteiger partial charge in [-0.3, -0.25) is 4.79 Å². The number of nitrogens with one attached hydrogen (secondary N) is 1. The minimum Gasteiger partial charge on any atom is -0.384 e. The minimum atomic E-state index is -0.00612. The van der Waals surface area contributed by atoms with E-state index in [1.807, 2.05) is 31.0 Å². The number of likely N-dealkylation sites (tertiary alicyclic amines) is 1. The molecule has 140 valence electrons. The molecule has 0 radical (unpaired) electrons. The van der Waals surface area contributed by atoms with E-state index in [-0.39, 0.29) is 11.9 Å². The average molecular weight is 375 g/mol. The Morgan fingerprint density at radius 1 is 1.38 bits per heavy atom. The predicted octanol–water partition coefficient (Wildman–Crippen LogP) is 3.38. The third-order valence-corrected chi connectivity index (χ3v) is 5.23. The first-order valence-corrected chi connectivity index (χ1v) is 9.72. The van der Waals surface area contributed by atoms with Crippen molar-refractivity contribution in [2.45, 2.75) is 45.6 Å². The van der Waals surface area contributed by atoms with Gasteiger partial charge in [0.25, 0.3) is 0 Å². The Morgan fingerprint density at radius 2 is 2.23 bits per heavy atom. The van der Waals surface area contributed by atoms with Crippen LogP contribution in [-0.4, -0.2) is 46.0 Å². The first-order valence-electron chi connectivity index (χ1n) is 8.90. The van der Waals surface area contributed by atoms with Crippen molar-refractivity contribution in [3.05, 3.63) is 28.7 Å². The summed E-state index contributed by atoms with van der Waals surface area (Å²) in [7, 11) is 1.62. The lowest BCUT2D eigenvalue weighted by Crippen LogP contribution is -2.39. The lowest BCUT2D eigenvalue weighted by Gasteiger charge is -2.35. The van der Waals surface area contributed by atoms with Gasteiger partial charge >= 0.3 is 0 Å². The molecule has 1 N–H and O–H groups in total. The minimum absolute atomic E-state index is 0.00612. The number of amides is 1. The lowest BCUT2D eigenvalue weighted by molar-refractivity contribution is -0.136. The number of anilines is 2. The van der Waals surface area contributed by atoms with Crippen LogP contribution in [0.5, 0.6) is 0 Å². The summed E-state index contributed by atoms with van der Waals surface area (Å²) < 4.78 is 5.06. The maximum atomic E-state index is 12.6. The van der Waals surface area contributed by atoms with Crippen LogP contribution in [-0.2, 0) is 9.53 Å². The van der Waals surface area contributed by atoms with Gasteiger partial charge in [-0.1, -0.05) is 0 Å². The standard InChI is InChI=1S/C18H25N5O2S/c1-12-11-19-18(26-12)22-16-10-14(20-13(2)21-16)15-6-4-5-8-23(15)17(24)7-9-25-3/h10-11,15H,4-9H2,1-3H3,(H,19,20,21,22)/t15-/m0/s1. The Labute approximate surface area is 157 Å². The number of ether oxygens (including phenoxy) is 1. The van der Waals surface area contributed by atoms with Crippen LogP contribution in [0, 0.1) is 13.8 Å². The molecule has 8 heteroatoms. The van der Waals surface area contributed by atoms with Gasteiger partial charge in [-0.15, -0.1) is 11.3 Å². The number of carbonyl (C=O) groups excluding carboxylic acids is 1. The predicted molar refractivity (Wildman–Crippen MR) is 102 cm³/mol. The van der Waals surface area contributed by atoms with Gasteiger partial charge in [0.15, 0.2) is 5.13 Å². The van der Waals surface area contributed by atoms with E-state index in [2.05, 4.69) is 20.3 Å². The highest BCUT2D eigenvalue weighted by atomic mass is 32.1. The number of thiazole rings is 1. The van der Waals surface area contributed by atoms with Gasteiger partial charge in [-0.05, 0) is 33.1 Å². The fourth-order valence-corrected chi connectivity index (χ4v) is 3.89. The quantitative estimate of drug-likeness (QED) is 0.834. The van der Waals surface area contributed by atoms with E-state index in [9.17, 15) is 4.79 Å². The van der Waals surface area contributed by atoms with Crippen LogP contribution in [0.2, 0.25) is 0 Å². The van der Waals surface area contributed by atoms with E-state index in [4.69, 9.17) is 4.74 Å². The molecule has 0 aromatic carbocycles. The number of carbonyl (C=O) groups is 1. The van der Waals surface area contributed by atoms with E-state index in [0.29, 0.717) is 18.9 Å². The third-order valence-electron chi connectivity index (χ3n) is 4.40. The maximum absolute atomic E-state index is 12.6. The molecule has 0 saturated carbocycles. The second-order valence-electron chi connectivity index (χ2n) is 6.47. The molecule has 0 spiro atoms. The van der Waals surface area contributed by atoms with E-state index in [1.165, 1.54) is 0 Å². The van der Waals surface area contributed by atoms with Crippen LogP contribution in [0.25, 0.3) is 0 Å². The number of hydrogen-bond donors (Lipinski definition) is 1. The molecule has 3 rings (SSSR count). The monoisotopic (exact) mass is 375 g/mol. The zero-order valence-corrected chi connectivity index (χ0v) is 16.3. The average Bonchev–Trinajstić information content (AvgIpc) is 3.04. The molecule has 0 bridgehead atoms. The molecule has 1 aliphatic heterocycles. The largest absolute Gasteiger partial charge is 0.384 e. The summed E-state index contributed by atoms with van der Waals surface area (Å²) in [6.07, 6.45) is 5.28.